The molecule has 94 valence electrons. The minimum absolute atomic E-state index is 0.0803. The van der Waals surface area contributed by atoms with E-state index < -0.39 is 0 Å². The Hall–Kier alpha value is -0.940. The van der Waals surface area contributed by atoms with Gasteiger partial charge in [0.15, 0.2) is 5.69 Å². The Morgan fingerprint density at radius 3 is 2.82 bits per heavy atom. The third-order valence-corrected chi connectivity index (χ3v) is 3.99. The molecular formula is C12H18N2O2S. The van der Waals surface area contributed by atoms with Crippen molar-refractivity contribution in [2.45, 2.75) is 51.2 Å². The summed E-state index contributed by atoms with van der Waals surface area (Å²) in [6, 6.07) is -0.128. The molecule has 1 atom stereocenters. The third-order valence-electron chi connectivity index (χ3n) is 2.95. The van der Waals surface area contributed by atoms with Crippen molar-refractivity contribution in [1.82, 2.24) is 4.98 Å². The van der Waals surface area contributed by atoms with Gasteiger partial charge in [-0.2, -0.15) is 0 Å². The van der Waals surface area contributed by atoms with Gasteiger partial charge in [-0.1, -0.05) is 6.42 Å². The van der Waals surface area contributed by atoms with Crippen molar-refractivity contribution in [3.8, 4) is 0 Å². The largest absolute Gasteiger partial charge is 0.458 e. The molecule has 0 bridgehead atoms. The van der Waals surface area contributed by atoms with Gasteiger partial charge in [-0.15, -0.1) is 11.3 Å². The Bertz CT molecular complexity index is 384. The molecule has 0 spiro atoms. The molecule has 1 fully saturated rings. The van der Waals surface area contributed by atoms with Crippen LogP contribution in [0.4, 0.5) is 0 Å². The Labute approximate surface area is 105 Å². The molecule has 2 rings (SSSR count). The van der Waals surface area contributed by atoms with Gasteiger partial charge in [-0.25, -0.2) is 9.78 Å². The van der Waals surface area contributed by atoms with Crippen LogP contribution in [0, 0.1) is 0 Å². The van der Waals surface area contributed by atoms with Gasteiger partial charge in [0.1, 0.15) is 11.1 Å². The van der Waals surface area contributed by atoms with E-state index in [4.69, 9.17) is 10.5 Å². The zero-order valence-electron chi connectivity index (χ0n) is 10.0. The fraction of sp³-hybridized carbons (Fsp3) is 0.667. The van der Waals surface area contributed by atoms with Crippen molar-refractivity contribution < 1.29 is 9.53 Å². The third kappa shape index (κ3) is 3.26. The number of nitrogens with zero attached hydrogens (tertiary/aromatic N) is 1. The molecule has 17 heavy (non-hydrogen) atoms. The first-order chi connectivity index (χ1) is 8.16. The summed E-state index contributed by atoms with van der Waals surface area (Å²) in [5.74, 6) is -0.306. The van der Waals surface area contributed by atoms with Gasteiger partial charge < -0.3 is 10.5 Å². The van der Waals surface area contributed by atoms with E-state index in [1.807, 2.05) is 6.92 Å². The number of nitrogens with two attached hydrogens (primary N) is 1. The van der Waals surface area contributed by atoms with E-state index in [1.54, 1.807) is 5.38 Å². The highest BCUT2D eigenvalue weighted by atomic mass is 32.1. The second-order valence-electron chi connectivity index (χ2n) is 4.52. The number of thiazole rings is 1. The second-order valence-corrected chi connectivity index (χ2v) is 5.41. The van der Waals surface area contributed by atoms with Crippen LogP contribution in [-0.4, -0.2) is 17.1 Å². The van der Waals surface area contributed by atoms with Gasteiger partial charge in [0, 0.05) is 5.38 Å². The van der Waals surface area contributed by atoms with Crippen LogP contribution >= 0.6 is 11.3 Å². The maximum absolute atomic E-state index is 11.8. The first kappa shape index (κ1) is 12.5. The average Bonchev–Trinajstić information content (AvgIpc) is 2.79. The highest BCUT2D eigenvalue weighted by Gasteiger charge is 2.20. The summed E-state index contributed by atoms with van der Waals surface area (Å²) in [4.78, 5) is 16.0. The van der Waals surface area contributed by atoms with Crippen LogP contribution in [0.5, 0.6) is 0 Å². The van der Waals surface area contributed by atoms with Crippen LogP contribution < -0.4 is 5.73 Å². The zero-order chi connectivity index (χ0) is 12.3. The number of ether oxygens (including phenoxy) is 1. The smallest absolute Gasteiger partial charge is 0.358 e. The molecule has 0 amide bonds. The summed E-state index contributed by atoms with van der Waals surface area (Å²) in [5, 5.41) is 2.50. The Morgan fingerprint density at radius 2 is 2.24 bits per heavy atom. The molecule has 1 saturated carbocycles. The first-order valence-electron chi connectivity index (χ1n) is 6.09. The minimum atomic E-state index is -0.306. The lowest BCUT2D eigenvalue weighted by molar-refractivity contribution is 0.0205. The topological polar surface area (TPSA) is 65.2 Å². The fourth-order valence-corrected chi connectivity index (χ4v) is 2.73. The number of esters is 1. The molecule has 2 N–H and O–H groups in total. The van der Waals surface area contributed by atoms with E-state index in [0.717, 1.165) is 30.7 Å². The summed E-state index contributed by atoms with van der Waals surface area (Å²) in [6.07, 6.45) is 5.60. The molecule has 1 aromatic heterocycles. The number of hydrogen-bond donors (Lipinski definition) is 1. The van der Waals surface area contributed by atoms with Crippen molar-refractivity contribution in [2.24, 2.45) is 5.73 Å². The van der Waals surface area contributed by atoms with E-state index >= 15 is 0 Å². The number of carbonyl (C=O) groups excluding carboxylic acids is 1. The van der Waals surface area contributed by atoms with Crippen molar-refractivity contribution >= 4 is 17.3 Å². The normalized spacial score (nSPS) is 18.9. The maximum atomic E-state index is 11.8. The number of aromatic nitrogens is 1. The number of rotatable bonds is 3. The summed E-state index contributed by atoms with van der Waals surface area (Å²) in [6.45, 7) is 1.86. The molecule has 4 nitrogen and oxygen atoms in total. The van der Waals surface area contributed by atoms with Crippen LogP contribution in [0.2, 0.25) is 0 Å². The van der Waals surface area contributed by atoms with Gasteiger partial charge in [0.25, 0.3) is 0 Å². The van der Waals surface area contributed by atoms with E-state index in [-0.39, 0.29) is 18.1 Å². The molecule has 0 aliphatic heterocycles. The van der Waals surface area contributed by atoms with Gasteiger partial charge in [-0.05, 0) is 32.6 Å². The Balaban J connectivity index is 1.94. The van der Waals surface area contributed by atoms with E-state index in [9.17, 15) is 4.79 Å². The van der Waals surface area contributed by atoms with E-state index in [2.05, 4.69) is 4.98 Å². The van der Waals surface area contributed by atoms with Crippen molar-refractivity contribution in [3.63, 3.8) is 0 Å². The van der Waals surface area contributed by atoms with Crippen LogP contribution in [0.25, 0.3) is 0 Å². The van der Waals surface area contributed by atoms with Crippen LogP contribution in [0.15, 0.2) is 5.38 Å². The lowest BCUT2D eigenvalue weighted by Gasteiger charge is -2.21. The number of hydrogen-bond acceptors (Lipinski definition) is 5. The number of carbonyl (C=O) groups is 1. The van der Waals surface area contributed by atoms with Gasteiger partial charge in [0.2, 0.25) is 0 Å². The minimum Gasteiger partial charge on any atom is -0.458 e. The fourth-order valence-electron chi connectivity index (χ4n) is 1.99. The van der Waals surface area contributed by atoms with E-state index in [0.29, 0.717) is 5.69 Å². The quantitative estimate of drug-likeness (QED) is 0.842. The van der Waals surface area contributed by atoms with Gasteiger partial charge >= 0.3 is 5.97 Å². The Kier molecular flexibility index (Phi) is 4.12. The van der Waals surface area contributed by atoms with Crippen LogP contribution in [0.3, 0.4) is 0 Å². The highest BCUT2D eigenvalue weighted by molar-refractivity contribution is 7.09. The SMILES string of the molecule is CC(N)c1nc(C(=O)OC2CCCCC2)cs1. The molecular weight excluding hydrogens is 236 g/mol. The molecule has 1 heterocycles. The summed E-state index contributed by atoms with van der Waals surface area (Å²) in [5.41, 5.74) is 6.10. The van der Waals surface area contributed by atoms with Gasteiger partial charge in [-0.3, -0.25) is 0 Å². The lowest BCUT2D eigenvalue weighted by Crippen LogP contribution is -2.21. The monoisotopic (exact) mass is 254 g/mol. The average molecular weight is 254 g/mol. The standard InChI is InChI=1S/C12H18N2O2S/c1-8(13)11-14-10(7-17-11)12(15)16-9-5-3-2-4-6-9/h7-9H,2-6,13H2,1H3. The molecule has 0 saturated heterocycles. The zero-order valence-corrected chi connectivity index (χ0v) is 10.8. The highest BCUT2D eigenvalue weighted by Crippen LogP contribution is 2.22. The lowest BCUT2D eigenvalue weighted by atomic mass is 9.98. The van der Waals surface area contributed by atoms with Crippen molar-refractivity contribution in [3.05, 3.63) is 16.1 Å². The van der Waals surface area contributed by atoms with Crippen LogP contribution in [0.1, 0.15) is 60.6 Å². The molecule has 1 aliphatic carbocycles. The van der Waals surface area contributed by atoms with Crippen LogP contribution in [-0.2, 0) is 4.74 Å². The van der Waals surface area contributed by atoms with Crippen molar-refractivity contribution in [1.29, 1.82) is 0 Å². The summed E-state index contributed by atoms with van der Waals surface area (Å²) in [7, 11) is 0. The maximum Gasteiger partial charge on any atom is 0.358 e. The molecule has 1 unspecified atom stereocenters. The molecule has 1 aromatic rings. The van der Waals surface area contributed by atoms with E-state index in [1.165, 1.54) is 17.8 Å². The predicted molar refractivity (Wildman–Crippen MR) is 67.0 cm³/mol. The summed E-state index contributed by atoms with van der Waals surface area (Å²) < 4.78 is 5.43. The molecule has 0 radical (unpaired) electrons. The second kappa shape index (κ2) is 5.60. The van der Waals surface area contributed by atoms with Gasteiger partial charge in [0.05, 0.1) is 6.04 Å². The predicted octanol–water partition coefficient (Wildman–Crippen LogP) is 2.65. The molecule has 1 aliphatic rings. The Morgan fingerprint density at radius 1 is 1.53 bits per heavy atom. The summed E-state index contributed by atoms with van der Waals surface area (Å²) >= 11 is 1.41. The van der Waals surface area contributed by atoms with Crippen molar-refractivity contribution in [2.75, 3.05) is 0 Å². The molecule has 0 aromatic carbocycles. The molecule has 5 heteroatoms. The first-order valence-corrected chi connectivity index (χ1v) is 6.97.